The van der Waals surface area contributed by atoms with Gasteiger partial charge >= 0.3 is 0 Å². The smallest absolute Gasteiger partial charge is 0.261 e. The van der Waals surface area contributed by atoms with Crippen LogP contribution in [0.3, 0.4) is 0 Å². The number of hydrogen-bond donors (Lipinski definition) is 0. The van der Waals surface area contributed by atoms with E-state index in [9.17, 15) is 19.2 Å². The van der Waals surface area contributed by atoms with Crippen molar-refractivity contribution in [2.45, 2.75) is 47.3 Å². The molecule has 9 nitrogen and oxygen atoms in total. The third kappa shape index (κ3) is 5.39. The number of nitrogens with zero attached hydrogens (tertiary/aromatic N) is 4. The van der Waals surface area contributed by atoms with Crippen molar-refractivity contribution >= 4 is 40.4 Å². The van der Waals surface area contributed by atoms with Gasteiger partial charge < -0.3 is 18.8 Å². The number of benzene rings is 2. The van der Waals surface area contributed by atoms with Gasteiger partial charge in [-0.1, -0.05) is 24.3 Å². The molecule has 0 fully saturated rings. The number of amides is 2. The van der Waals surface area contributed by atoms with Crippen molar-refractivity contribution in [3.63, 3.8) is 0 Å². The first-order chi connectivity index (χ1) is 20.0. The molecule has 0 saturated carbocycles. The Morgan fingerprint density at radius 3 is 2.38 bits per heavy atom. The Balaban J connectivity index is 1.47. The maximum atomic E-state index is 13.3. The van der Waals surface area contributed by atoms with E-state index < -0.39 is 5.41 Å². The Labute approximate surface area is 244 Å². The lowest BCUT2D eigenvalue weighted by Gasteiger charge is -2.27. The highest BCUT2D eigenvalue weighted by atomic mass is 16.3. The molecule has 3 heterocycles. The number of carbonyl (C=O) groups is 3. The number of pyridine rings is 1. The van der Waals surface area contributed by atoms with Crippen LogP contribution < -0.4 is 15.4 Å². The van der Waals surface area contributed by atoms with Crippen LogP contribution in [0.25, 0.3) is 11.0 Å². The summed E-state index contributed by atoms with van der Waals surface area (Å²) >= 11 is 0. The quantitative estimate of drug-likeness (QED) is 0.213. The predicted molar refractivity (Wildman–Crippen MR) is 163 cm³/mol. The van der Waals surface area contributed by atoms with E-state index in [4.69, 9.17) is 4.42 Å². The molecule has 2 aromatic carbocycles. The normalized spacial score (nSPS) is 14.9. The average molecular weight is 569 g/mol. The minimum absolute atomic E-state index is 0.107. The lowest BCUT2D eigenvalue weighted by Crippen LogP contribution is -2.47. The molecule has 5 rings (SSSR count). The fourth-order valence-electron chi connectivity index (χ4n) is 5.67. The summed E-state index contributed by atoms with van der Waals surface area (Å²) in [5, 5.41) is 0.552. The molecule has 0 N–H and O–H groups in total. The number of aryl methyl sites for hydroxylation is 1. The van der Waals surface area contributed by atoms with E-state index in [2.05, 4.69) is 4.90 Å². The molecule has 9 heteroatoms. The van der Waals surface area contributed by atoms with Gasteiger partial charge in [0, 0.05) is 51.5 Å². The van der Waals surface area contributed by atoms with Crippen molar-refractivity contribution in [2.75, 3.05) is 29.9 Å². The summed E-state index contributed by atoms with van der Waals surface area (Å²) in [4.78, 5) is 56.6. The van der Waals surface area contributed by atoms with Gasteiger partial charge in [0.25, 0.3) is 5.56 Å². The summed E-state index contributed by atoms with van der Waals surface area (Å²) in [6.07, 6.45) is 2.58. The summed E-state index contributed by atoms with van der Waals surface area (Å²) in [6, 6.07) is 16.9. The topological polar surface area (TPSA) is 96.1 Å². The lowest BCUT2D eigenvalue weighted by atomic mass is 9.90. The molecule has 0 bridgehead atoms. The number of aldehydes is 1. The Kier molecular flexibility index (Phi) is 7.88. The number of carbonyl (C=O) groups excluding carboxylic acids is 3. The highest BCUT2D eigenvalue weighted by Crippen LogP contribution is 2.39. The molecule has 0 aliphatic carbocycles. The molecule has 2 aromatic heterocycles. The molecule has 4 aromatic rings. The highest BCUT2D eigenvalue weighted by molar-refractivity contribution is 6.19. The fourth-order valence-corrected chi connectivity index (χ4v) is 5.67. The van der Waals surface area contributed by atoms with E-state index in [0.717, 1.165) is 17.4 Å². The first kappa shape index (κ1) is 29.0. The van der Waals surface area contributed by atoms with Gasteiger partial charge in [-0.3, -0.25) is 24.1 Å². The van der Waals surface area contributed by atoms with Crippen LogP contribution in [0, 0.1) is 12.3 Å². The molecule has 0 saturated heterocycles. The van der Waals surface area contributed by atoms with Gasteiger partial charge in [-0.2, -0.15) is 0 Å². The first-order valence-corrected chi connectivity index (χ1v) is 14.1. The summed E-state index contributed by atoms with van der Waals surface area (Å²) in [5.74, 6) is 0.212. The van der Waals surface area contributed by atoms with Gasteiger partial charge in [-0.25, -0.2) is 0 Å². The molecular formula is C33H36N4O5. The maximum Gasteiger partial charge on any atom is 0.261 e. The number of furan rings is 1. The number of hydrogen-bond acceptors (Lipinski definition) is 6. The molecule has 218 valence electrons. The number of fused-ring (bicyclic) bond motifs is 2. The van der Waals surface area contributed by atoms with E-state index in [-0.39, 0.29) is 17.4 Å². The van der Waals surface area contributed by atoms with Gasteiger partial charge in [0.1, 0.15) is 23.0 Å². The van der Waals surface area contributed by atoms with Crippen LogP contribution in [0.15, 0.2) is 70.0 Å². The summed E-state index contributed by atoms with van der Waals surface area (Å²) in [7, 11) is 1.71. The monoisotopic (exact) mass is 568 g/mol. The van der Waals surface area contributed by atoms with Crippen LogP contribution in [-0.4, -0.2) is 47.7 Å². The average Bonchev–Trinajstić information content (AvgIpc) is 3.36. The van der Waals surface area contributed by atoms with Crippen molar-refractivity contribution < 1.29 is 18.8 Å². The summed E-state index contributed by atoms with van der Waals surface area (Å²) in [5.41, 5.74) is 3.19. The fraction of sp³-hybridized carbons (Fsp3) is 0.333. The first-order valence-electron chi connectivity index (χ1n) is 14.1. The molecule has 0 unspecified atom stereocenters. The Hall–Kier alpha value is -4.50. The Morgan fingerprint density at radius 2 is 1.67 bits per heavy atom. The van der Waals surface area contributed by atoms with Gasteiger partial charge in [-0.05, 0) is 69.2 Å². The van der Waals surface area contributed by atoms with Crippen molar-refractivity contribution in [2.24, 2.45) is 5.41 Å². The van der Waals surface area contributed by atoms with Crippen molar-refractivity contribution in [3.05, 3.63) is 93.6 Å². The Bertz CT molecular complexity index is 1730. The van der Waals surface area contributed by atoms with Crippen molar-refractivity contribution in [1.82, 2.24) is 9.47 Å². The van der Waals surface area contributed by atoms with Crippen LogP contribution in [-0.2, 0) is 29.2 Å². The van der Waals surface area contributed by atoms with Crippen LogP contribution in [0.5, 0.6) is 0 Å². The zero-order chi connectivity index (χ0) is 30.2. The molecule has 1 aliphatic rings. The van der Waals surface area contributed by atoms with E-state index in [1.54, 1.807) is 53.6 Å². The van der Waals surface area contributed by atoms with E-state index in [1.807, 2.05) is 56.3 Å². The second-order valence-corrected chi connectivity index (χ2v) is 11.4. The maximum absolute atomic E-state index is 13.3. The van der Waals surface area contributed by atoms with E-state index in [0.29, 0.717) is 66.4 Å². The second-order valence-electron chi connectivity index (χ2n) is 11.4. The van der Waals surface area contributed by atoms with Gasteiger partial charge in [0.15, 0.2) is 0 Å². The van der Waals surface area contributed by atoms with Crippen molar-refractivity contribution in [3.8, 4) is 0 Å². The van der Waals surface area contributed by atoms with Crippen LogP contribution in [0.4, 0.5) is 11.4 Å². The molecule has 0 atom stereocenters. The SMILES string of the molecule is CCN1C(=O)C(C)(C)C(=O)N(C)c2cc(CN(CCn3ccc4oc(C)cc4c3=O)Cc3cccc(C=O)c3)ccc21. The van der Waals surface area contributed by atoms with Crippen LogP contribution in [0.1, 0.15) is 48.0 Å². The zero-order valence-corrected chi connectivity index (χ0v) is 24.7. The zero-order valence-electron chi connectivity index (χ0n) is 24.7. The van der Waals surface area contributed by atoms with E-state index in [1.165, 1.54) is 0 Å². The van der Waals surface area contributed by atoms with Crippen LogP contribution in [0.2, 0.25) is 0 Å². The number of anilines is 2. The molecular weight excluding hydrogens is 532 g/mol. The minimum atomic E-state index is -1.18. The molecule has 0 radical (unpaired) electrons. The molecule has 42 heavy (non-hydrogen) atoms. The lowest BCUT2D eigenvalue weighted by molar-refractivity contribution is -0.137. The van der Waals surface area contributed by atoms with Gasteiger partial charge in [0.05, 0.1) is 16.8 Å². The summed E-state index contributed by atoms with van der Waals surface area (Å²) in [6.45, 7) is 9.57. The van der Waals surface area contributed by atoms with E-state index >= 15 is 0 Å². The third-order valence-electron chi connectivity index (χ3n) is 7.97. The largest absolute Gasteiger partial charge is 0.461 e. The molecule has 1 aliphatic heterocycles. The number of aromatic nitrogens is 1. The minimum Gasteiger partial charge on any atom is -0.461 e. The predicted octanol–water partition coefficient (Wildman–Crippen LogP) is 4.77. The van der Waals surface area contributed by atoms with Crippen LogP contribution >= 0.6 is 0 Å². The third-order valence-corrected chi connectivity index (χ3v) is 7.97. The molecule has 2 amide bonds. The summed E-state index contributed by atoms with van der Waals surface area (Å²) < 4.78 is 7.29. The Morgan fingerprint density at radius 1 is 0.929 bits per heavy atom. The standard InChI is InChI=1S/C33H36N4O5/c1-6-37-27-11-10-24(18-28(27)34(5)31(40)33(3,4)32(37)41)20-35(19-23-8-7-9-25(17-23)21-38)14-15-36-13-12-29-26(30(36)39)16-22(2)42-29/h7-13,16-18,21H,6,14-15,19-20H2,1-5H3. The highest BCUT2D eigenvalue weighted by Gasteiger charge is 2.45. The second kappa shape index (κ2) is 11.4. The molecule has 0 spiro atoms. The van der Waals surface area contributed by atoms with Crippen molar-refractivity contribution in [1.29, 1.82) is 0 Å². The van der Waals surface area contributed by atoms with Gasteiger partial charge in [-0.15, -0.1) is 0 Å². The number of rotatable bonds is 9. The van der Waals surface area contributed by atoms with Gasteiger partial charge in [0.2, 0.25) is 11.8 Å².